The molecule has 0 saturated carbocycles. The summed E-state index contributed by atoms with van der Waals surface area (Å²) in [4.78, 5) is 33.8. The minimum Gasteiger partial charge on any atom is -0.462 e. The predicted octanol–water partition coefficient (Wildman–Crippen LogP) is 3.31. The van der Waals surface area contributed by atoms with Crippen LogP contribution in [0.15, 0.2) is 24.3 Å². The van der Waals surface area contributed by atoms with E-state index in [2.05, 4.69) is 5.32 Å². The second kappa shape index (κ2) is 8.81. The number of esters is 1. The molecule has 0 heterocycles. The van der Waals surface area contributed by atoms with E-state index < -0.39 is 22.6 Å². The number of carbonyl (C=O) groups is 2. The van der Waals surface area contributed by atoms with E-state index in [1.165, 1.54) is 24.3 Å². The van der Waals surface area contributed by atoms with Gasteiger partial charge < -0.3 is 14.8 Å². The lowest BCUT2D eigenvalue weighted by Gasteiger charge is -2.19. The van der Waals surface area contributed by atoms with Crippen molar-refractivity contribution in [2.24, 2.45) is 0 Å². The number of hydrogen-bond donors (Lipinski definition) is 1. The summed E-state index contributed by atoms with van der Waals surface area (Å²) in [7, 11) is 0. The topological polar surface area (TPSA) is 108 Å². The number of nitro benzene ring substituents is 1. The zero-order valence-electron chi connectivity index (χ0n) is 14.7. The highest BCUT2D eigenvalue weighted by Gasteiger charge is 2.17. The lowest BCUT2D eigenvalue weighted by Crippen LogP contribution is -2.32. The van der Waals surface area contributed by atoms with E-state index in [0.29, 0.717) is 5.56 Å². The Bertz CT molecular complexity index is 676. The van der Waals surface area contributed by atoms with E-state index in [-0.39, 0.29) is 24.4 Å². The SMILES string of the molecule is CCOC(=O)c1ccc(C=CCNC(=O)OC(C)(C)C)c([N+](=O)[O-])c1. The Balaban J connectivity index is 2.79. The lowest BCUT2D eigenvalue weighted by atomic mass is 10.1. The summed E-state index contributed by atoms with van der Waals surface area (Å²) in [6.45, 7) is 7.22. The zero-order valence-corrected chi connectivity index (χ0v) is 14.7. The predicted molar refractivity (Wildman–Crippen MR) is 92.3 cm³/mol. The number of nitrogens with zero attached hydrogens (tertiary/aromatic N) is 1. The molecule has 0 spiro atoms. The molecule has 1 rings (SSSR count). The van der Waals surface area contributed by atoms with Crippen molar-refractivity contribution in [3.8, 4) is 0 Å². The number of nitrogens with one attached hydrogen (secondary N) is 1. The summed E-state index contributed by atoms with van der Waals surface area (Å²) in [6, 6.07) is 4.07. The van der Waals surface area contributed by atoms with Gasteiger partial charge in [0.05, 0.1) is 22.7 Å². The van der Waals surface area contributed by atoms with Crippen LogP contribution in [0.1, 0.15) is 43.6 Å². The Morgan fingerprint density at radius 3 is 2.56 bits per heavy atom. The quantitative estimate of drug-likeness (QED) is 0.479. The number of amides is 1. The summed E-state index contributed by atoms with van der Waals surface area (Å²) >= 11 is 0. The minimum atomic E-state index is -0.618. The fourth-order valence-corrected chi connectivity index (χ4v) is 1.83. The Morgan fingerprint density at radius 1 is 1.32 bits per heavy atom. The van der Waals surface area contributed by atoms with Gasteiger partial charge in [0.2, 0.25) is 0 Å². The van der Waals surface area contributed by atoms with Crippen molar-refractivity contribution >= 4 is 23.8 Å². The van der Waals surface area contributed by atoms with Crippen LogP contribution in [-0.2, 0) is 9.47 Å². The number of nitro groups is 1. The van der Waals surface area contributed by atoms with Gasteiger partial charge in [0.25, 0.3) is 5.69 Å². The number of ether oxygens (including phenoxy) is 2. The summed E-state index contributed by atoms with van der Waals surface area (Å²) in [5.74, 6) is -0.618. The van der Waals surface area contributed by atoms with Crippen LogP contribution in [0.5, 0.6) is 0 Å². The van der Waals surface area contributed by atoms with Gasteiger partial charge in [-0.05, 0) is 39.8 Å². The second-order valence-electron chi connectivity index (χ2n) is 6.04. The van der Waals surface area contributed by atoms with Crippen molar-refractivity contribution in [2.75, 3.05) is 13.2 Å². The van der Waals surface area contributed by atoms with Gasteiger partial charge in [-0.15, -0.1) is 0 Å². The largest absolute Gasteiger partial charge is 0.462 e. The van der Waals surface area contributed by atoms with Crippen molar-refractivity contribution in [3.05, 3.63) is 45.5 Å². The molecule has 0 aromatic heterocycles. The minimum absolute atomic E-state index is 0.109. The van der Waals surface area contributed by atoms with Crippen molar-refractivity contribution in [1.29, 1.82) is 0 Å². The standard InChI is InChI=1S/C17H22N2O6/c1-5-24-15(20)13-9-8-12(14(11-13)19(22)23)7-6-10-18-16(21)25-17(2,3)4/h6-9,11H,5,10H2,1-4H3,(H,18,21). The normalized spacial score (nSPS) is 11.2. The Labute approximate surface area is 146 Å². The Hall–Kier alpha value is -2.90. The molecule has 0 aliphatic rings. The lowest BCUT2D eigenvalue weighted by molar-refractivity contribution is -0.385. The second-order valence-corrected chi connectivity index (χ2v) is 6.04. The molecular weight excluding hydrogens is 328 g/mol. The highest BCUT2D eigenvalue weighted by Crippen LogP contribution is 2.22. The average molecular weight is 350 g/mol. The molecule has 0 saturated heterocycles. The third-order valence-electron chi connectivity index (χ3n) is 2.80. The maximum absolute atomic E-state index is 11.7. The van der Waals surface area contributed by atoms with E-state index in [0.717, 1.165) is 0 Å². The van der Waals surface area contributed by atoms with Gasteiger partial charge in [0.1, 0.15) is 5.60 Å². The van der Waals surface area contributed by atoms with Crippen LogP contribution in [0.3, 0.4) is 0 Å². The van der Waals surface area contributed by atoms with Crippen LogP contribution < -0.4 is 5.32 Å². The molecule has 8 heteroatoms. The van der Waals surface area contributed by atoms with E-state index in [1.54, 1.807) is 33.8 Å². The molecule has 1 amide bonds. The maximum Gasteiger partial charge on any atom is 0.407 e. The smallest absolute Gasteiger partial charge is 0.407 e. The highest BCUT2D eigenvalue weighted by molar-refractivity contribution is 5.90. The van der Waals surface area contributed by atoms with Crippen LogP contribution >= 0.6 is 0 Å². The molecule has 0 bridgehead atoms. The van der Waals surface area contributed by atoms with Gasteiger partial charge in [-0.3, -0.25) is 10.1 Å². The maximum atomic E-state index is 11.7. The number of rotatable bonds is 6. The molecule has 0 unspecified atom stereocenters. The average Bonchev–Trinajstić information content (AvgIpc) is 2.50. The monoisotopic (exact) mass is 350 g/mol. The summed E-state index contributed by atoms with van der Waals surface area (Å²) in [5.41, 5.74) is -0.407. The molecule has 0 aliphatic heterocycles. The third-order valence-corrected chi connectivity index (χ3v) is 2.80. The zero-order chi connectivity index (χ0) is 19.0. The first-order valence-electron chi connectivity index (χ1n) is 7.73. The van der Waals surface area contributed by atoms with E-state index in [9.17, 15) is 19.7 Å². The van der Waals surface area contributed by atoms with Crippen molar-refractivity contribution in [3.63, 3.8) is 0 Å². The third kappa shape index (κ3) is 7.03. The van der Waals surface area contributed by atoms with Gasteiger partial charge >= 0.3 is 12.1 Å². The molecule has 136 valence electrons. The van der Waals surface area contributed by atoms with Crippen LogP contribution in [0, 0.1) is 10.1 Å². The fourth-order valence-electron chi connectivity index (χ4n) is 1.83. The van der Waals surface area contributed by atoms with Crippen LogP contribution in [0.2, 0.25) is 0 Å². The van der Waals surface area contributed by atoms with Crippen molar-refractivity contribution in [2.45, 2.75) is 33.3 Å². The summed E-state index contributed by atoms with van der Waals surface area (Å²) in [6.07, 6.45) is 2.46. The first kappa shape index (κ1) is 20.1. The van der Waals surface area contributed by atoms with Crippen LogP contribution in [0.25, 0.3) is 6.08 Å². The number of alkyl carbamates (subject to hydrolysis) is 1. The molecular formula is C17H22N2O6. The molecule has 25 heavy (non-hydrogen) atoms. The van der Waals surface area contributed by atoms with Crippen LogP contribution in [-0.4, -0.2) is 35.7 Å². The van der Waals surface area contributed by atoms with Crippen molar-refractivity contribution in [1.82, 2.24) is 5.32 Å². The van der Waals surface area contributed by atoms with Gasteiger partial charge in [0, 0.05) is 12.6 Å². The highest BCUT2D eigenvalue weighted by atomic mass is 16.6. The fraction of sp³-hybridized carbons (Fsp3) is 0.412. The van der Waals surface area contributed by atoms with Gasteiger partial charge in [-0.2, -0.15) is 0 Å². The first-order valence-corrected chi connectivity index (χ1v) is 7.73. The molecule has 1 aromatic rings. The van der Waals surface area contributed by atoms with Gasteiger partial charge in [-0.1, -0.05) is 12.2 Å². The van der Waals surface area contributed by atoms with E-state index in [1.807, 2.05) is 0 Å². The Morgan fingerprint density at radius 2 is 2.00 bits per heavy atom. The molecule has 0 radical (unpaired) electrons. The summed E-state index contributed by atoms with van der Waals surface area (Å²) in [5, 5.41) is 13.7. The van der Waals surface area contributed by atoms with E-state index >= 15 is 0 Å². The van der Waals surface area contributed by atoms with Crippen LogP contribution in [0.4, 0.5) is 10.5 Å². The molecule has 0 fully saturated rings. The number of carbonyl (C=O) groups excluding carboxylic acids is 2. The molecule has 0 atom stereocenters. The number of benzene rings is 1. The van der Waals surface area contributed by atoms with Gasteiger partial charge in [0.15, 0.2) is 0 Å². The van der Waals surface area contributed by atoms with Gasteiger partial charge in [-0.25, -0.2) is 9.59 Å². The summed E-state index contributed by atoms with van der Waals surface area (Å²) < 4.78 is 9.90. The molecule has 1 aromatic carbocycles. The molecule has 1 N–H and O–H groups in total. The Kier molecular flexibility index (Phi) is 7.10. The number of hydrogen-bond acceptors (Lipinski definition) is 6. The molecule has 8 nitrogen and oxygen atoms in total. The first-order chi connectivity index (χ1) is 11.6. The van der Waals surface area contributed by atoms with E-state index in [4.69, 9.17) is 9.47 Å². The molecule has 0 aliphatic carbocycles. The van der Waals surface area contributed by atoms with Crippen molar-refractivity contribution < 1.29 is 24.0 Å².